The fourth-order valence-electron chi connectivity index (χ4n) is 2.71. The Balaban J connectivity index is 1.69. The van der Waals surface area contributed by atoms with Crippen molar-refractivity contribution in [1.82, 2.24) is 4.90 Å². The summed E-state index contributed by atoms with van der Waals surface area (Å²) in [4.78, 5) is 25.2. The maximum atomic E-state index is 12.7. The molecule has 3 rings (SSSR count). The number of carboxylic acids is 1. The molecule has 6 heteroatoms. The van der Waals surface area contributed by atoms with Crippen molar-refractivity contribution >= 4 is 11.9 Å². The number of benzene rings is 2. The second-order valence-corrected chi connectivity index (χ2v) is 6.00. The van der Waals surface area contributed by atoms with Gasteiger partial charge in [-0.3, -0.25) is 4.79 Å². The molecular formula is C19H19NO5. The Morgan fingerprint density at radius 3 is 2.24 bits per heavy atom. The van der Waals surface area contributed by atoms with E-state index in [1.165, 1.54) is 12.1 Å². The number of aromatic carboxylic acids is 1. The van der Waals surface area contributed by atoms with Gasteiger partial charge in [-0.1, -0.05) is 24.3 Å². The minimum Gasteiger partial charge on any atom is -0.482 e. The van der Waals surface area contributed by atoms with Gasteiger partial charge in [0, 0.05) is 13.6 Å². The summed E-state index contributed by atoms with van der Waals surface area (Å²) in [5.41, 5.74) is 1.05. The van der Waals surface area contributed by atoms with Crippen molar-refractivity contribution in [3.8, 4) is 11.5 Å². The molecule has 2 aromatic rings. The topological polar surface area (TPSA) is 76.1 Å². The second kappa shape index (κ2) is 6.84. The molecule has 6 nitrogen and oxygen atoms in total. The van der Waals surface area contributed by atoms with Crippen LogP contribution < -0.4 is 9.47 Å². The van der Waals surface area contributed by atoms with Crippen LogP contribution in [0.4, 0.5) is 0 Å². The number of hydrogen-bond donors (Lipinski definition) is 1. The molecule has 1 amide bonds. The van der Waals surface area contributed by atoms with E-state index >= 15 is 0 Å². The van der Waals surface area contributed by atoms with Gasteiger partial charge in [0.1, 0.15) is 6.10 Å². The van der Waals surface area contributed by atoms with E-state index in [0.29, 0.717) is 18.0 Å². The van der Waals surface area contributed by atoms with Crippen molar-refractivity contribution in [2.75, 3.05) is 7.05 Å². The van der Waals surface area contributed by atoms with E-state index in [0.717, 1.165) is 5.56 Å². The van der Waals surface area contributed by atoms with Gasteiger partial charge in [-0.25, -0.2) is 4.79 Å². The molecule has 0 bridgehead atoms. The van der Waals surface area contributed by atoms with Crippen molar-refractivity contribution in [3.63, 3.8) is 0 Å². The number of rotatable bonds is 4. The number of likely N-dealkylation sites (N-methyl/N-ethyl adjacent to an activating group) is 1. The molecule has 2 aromatic carbocycles. The first-order valence-electron chi connectivity index (χ1n) is 7.95. The van der Waals surface area contributed by atoms with Gasteiger partial charge in [-0.2, -0.15) is 0 Å². The molecular weight excluding hydrogens is 322 g/mol. The number of fused-ring (bicyclic) bond motifs is 1. The number of carbonyl (C=O) groups excluding carboxylic acids is 1. The van der Waals surface area contributed by atoms with Crippen LogP contribution in [0, 0.1) is 0 Å². The molecule has 1 N–H and O–H groups in total. The summed E-state index contributed by atoms with van der Waals surface area (Å²) in [6.45, 7) is 2.15. The third kappa shape index (κ3) is 3.57. The lowest BCUT2D eigenvalue weighted by Crippen LogP contribution is -2.49. The fourth-order valence-corrected chi connectivity index (χ4v) is 2.71. The van der Waals surface area contributed by atoms with E-state index in [1.807, 2.05) is 12.1 Å². The van der Waals surface area contributed by atoms with Gasteiger partial charge in [0.2, 0.25) is 6.10 Å². The first kappa shape index (κ1) is 16.8. The van der Waals surface area contributed by atoms with Crippen molar-refractivity contribution < 1.29 is 24.2 Å². The van der Waals surface area contributed by atoms with E-state index in [-0.39, 0.29) is 11.5 Å². The van der Waals surface area contributed by atoms with E-state index in [4.69, 9.17) is 14.6 Å². The summed E-state index contributed by atoms with van der Waals surface area (Å²) < 4.78 is 11.6. The van der Waals surface area contributed by atoms with Crippen LogP contribution >= 0.6 is 0 Å². The third-order valence-electron chi connectivity index (χ3n) is 4.08. The van der Waals surface area contributed by atoms with Crippen molar-refractivity contribution in [2.45, 2.75) is 25.7 Å². The van der Waals surface area contributed by atoms with Gasteiger partial charge >= 0.3 is 5.97 Å². The highest BCUT2D eigenvalue weighted by Crippen LogP contribution is 2.33. The molecule has 2 unspecified atom stereocenters. The van der Waals surface area contributed by atoms with Crippen LogP contribution in [0.3, 0.4) is 0 Å². The molecule has 0 fully saturated rings. The Bertz CT molecular complexity index is 787. The Kier molecular flexibility index (Phi) is 4.61. The summed E-state index contributed by atoms with van der Waals surface area (Å²) in [5, 5.41) is 8.93. The number of carbonyl (C=O) groups is 2. The van der Waals surface area contributed by atoms with Crippen LogP contribution in [0.15, 0.2) is 48.5 Å². The first-order chi connectivity index (χ1) is 12.0. The van der Waals surface area contributed by atoms with Crippen LogP contribution in [0.1, 0.15) is 22.8 Å². The number of para-hydroxylation sites is 2. The van der Waals surface area contributed by atoms with Crippen LogP contribution in [-0.2, 0) is 11.3 Å². The first-order valence-corrected chi connectivity index (χ1v) is 7.95. The molecule has 25 heavy (non-hydrogen) atoms. The van der Waals surface area contributed by atoms with Gasteiger partial charge < -0.3 is 19.5 Å². The smallest absolute Gasteiger partial charge is 0.335 e. The normalized spacial score (nSPS) is 18.5. The lowest BCUT2D eigenvalue weighted by Gasteiger charge is -2.33. The predicted molar refractivity (Wildman–Crippen MR) is 90.8 cm³/mol. The molecule has 0 saturated heterocycles. The van der Waals surface area contributed by atoms with Crippen LogP contribution in [0.5, 0.6) is 11.5 Å². The van der Waals surface area contributed by atoms with E-state index in [2.05, 4.69) is 0 Å². The maximum Gasteiger partial charge on any atom is 0.335 e. The maximum absolute atomic E-state index is 12.7. The van der Waals surface area contributed by atoms with Gasteiger partial charge in [0.15, 0.2) is 11.5 Å². The predicted octanol–water partition coefficient (Wildman–Crippen LogP) is 2.57. The highest BCUT2D eigenvalue weighted by molar-refractivity contribution is 5.87. The summed E-state index contributed by atoms with van der Waals surface area (Å²) >= 11 is 0. The summed E-state index contributed by atoms with van der Waals surface area (Å²) in [7, 11) is 1.68. The molecule has 2 atom stereocenters. The minimum atomic E-state index is -0.976. The number of carboxylic acid groups (broad SMARTS) is 1. The molecule has 0 radical (unpaired) electrons. The minimum absolute atomic E-state index is 0.190. The zero-order valence-corrected chi connectivity index (χ0v) is 14.0. The quantitative estimate of drug-likeness (QED) is 0.925. The Morgan fingerprint density at radius 2 is 1.64 bits per heavy atom. The van der Waals surface area contributed by atoms with Crippen LogP contribution in [0.2, 0.25) is 0 Å². The molecule has 130 valence electrons. The summed E-state index contributed by atoms with van der Waals surface area (Å²) in [6.07, 6.45) is -1.13. The third-order valence-corrected chi connectivity index (χ3v) is 4.08. The second-order valence-electron chi connectivity index (χ2n) is 6.00. The number of hydrogen-bond acceptors (Lipinski definition) is 4. The fraction of sp³-hybridized carbons (Fsp3) is 0.263. The van der Waals surface area contributed by atoms with E-state index < -0.39 is 18.2 Å². The Morgan fingerprint density at radius 1 is 1.04 bits per heavy atom. The van der Waals surface area contributed by atoms with Gasteiger partial charge in [-0.05, 0) is 36.8 Å². The van der Waals surface area contributed by atoms with E-state index in [9.17, 15) is 9.59 Å². The lowest BCUT2D eigenvalue weighted by molar-refractivity contribution is -0.143. The molecule has 0 aromatic heterocycles. The SMILES string of the molecule is CC1Oc2ccccc2OC1C(=O)N(C)Cc1ccc(C(=O)O)cc1. The van der Waals surface area contributed by atoms with Gasteiger partial charge in [-0.15, -0.1) is 0 Å². The zero-order chi connectivity index (χ0) is 18.0. The molecule has 0 aliphatic carbocycles. The average molecular weight is 341 g/mol. The van der Waals surface area contributed by atoms with Crippen LogP contribution in [-0.4, -0.2) is 41.1 Å². The molecule has 1 heterocycles. The summed E-state index contributed by atoms with van der Waals surface area (Å²) in [6, 6.07) is 13.7. The molecule has 1 aliphatic rings. The highest BCUT2D eigenvalue weighted by Gasteiger charge is 2.35. The van der Waals surface area contributed by atoms with E-state index in [1.54, 1.807) is 43.1 Å². The van der Waals surface area contributed by atoms with Crippen molar-refractivity contribution in [2.24, 2.45) is 0 Å². The highest BCUT2D eigenvalue weighted by atomic mass is 16.6. The standard InChI is InChI=1S/C19H19NO5/c1-12-17(25-16-6-4-3-5-15(16)24-12)18(21)20(2)11-13-7-9-14(10-8-13)19(22)23/h3-10,12,17H,11H2,1-2H3,(H,22,23). The molecule has 0 saturated carbocycles. The lowest BCUT2D eigenvalue weighted by atomic mass is 10.1. The average Bonchev–Trinajstić information content (AvgIpc) is 2.61. The molecule has 0 spiro atoms. The van der Waals surface area contributed by atoms with Gasteiger partial charge in [0.25, 0.3) is 5.91 Å². The van der Waals surface area contributed by atoms with Crippen molar-refractivity contribution in [3.05, 3.63) is 59.7 Å². The summed E-state index contributed by atoms with van der Waals surface area (Å²) in [5.74, 6) is 0.0182. The van der Waals surface area contributed by atoms with Crippen molar-refractivity contribution in [1.29, 1.82) is 0 Å². The number of amides is 1. The Hall–Kier alpha value is -3.02. The number of ether oxygens (including phenoxy) is 2. The molecule has 1 aliphatic heterocycles. The largest absolute Gasteiger partial charge is 0.482 e. The van der Waals surface area contributed by atoms with Crippen LogP contribution in [0.25, 0.3) is 0 Å². The zero-order valence-electron chi connectivity index (χ0n) is 14.0. The van der Waals surface area contributed by atoms with Gasteiger partial charge in [0.05, 0.1) is 5.56 Å². The number of nitrogens with zero attached hydrogens (tertiary/aromatic N) is 1. The monoisotopic (exact) mass is 341 g/mol. The Labute approximate surface area is 145 Å².